The number of rotatable bonds is 4. The second-order valence-electron chi connectivity index (χ2n) is 9.16. The van der Waals surface area contributed by atoms with Crippen LogP contribution >= 0.6 is 7.14 Å². The molecule has 2 aliphatic heterocycles. The van der Waals surface area contributed by atoms with Gasteiger partial charge in [0.15, 0.2) is 0 Å². The van der Waals surface area contributed by atoms with E-state index in [-0.39, 0.29) is 29.6 Å². The van der Waals surface area contributed by atoms with Crippen LogP contribution in [0.2, 0.25) is 0 Å². The number of aromatic nitrogens is 2. The summed E-state index contributed by atoms with van der Waals surface area (Å²) in [4.78, 5) is 22.8. The van der Waals surface area contributed by atoms with Crippen LogP contribution in [0.4, 0.5) is 10.3 Å². The number of amides is 1. The van der Waals surface area contributed by atoms with E-state index in [1.54, 1.807) is 30.6 Å². The number of hydrogen-bond donors (Lipinski definition) is 2. The van der Waals surface area contributed by atoms with Crippen LogP contribution in [0.15, 0.2) is 36.7 Å². The first kappa shape index (κ1) is 21.5. The van der Waals surface area contributed by atoms with Crippen molar-refractivity contribution in [3.8, 4) is 0 Å². The first-order chi connectivity index (χ1) is 15.5. The molecule has 5 rings (SSSR count). The average Bonchev–Trinajstić information content (AvgIpc) is 2.83. The van der Waals surface area contributed by atoms with Gasteiger partial charge in [-0.3, -0.25) is 10.2 Å². The standard InChI is InChI=1S/C23H29FN5O2P/c24-19-7-6-16(14-20-17-4-1-2-5-18(17)22(30)28-27-20)15-21(19)32(31)12-10-29(11-13-32)23-25-8-3-9-26-23/h3,6-9,15,17-18,20,27H,1-2,4-5,10-14H2,(H,28,30). The van der Waals surface area contributed by atoms with Crippen LogP contribution in [0.1, 0.15) is 31.2 Å². The molecule has 7 nitrogen and oxygen atoms in total. The number of hydrogen-bond acceptors (Lipinski definition) is 6. The SMILES string of the molecule is O=C1NNC(Cc2ccc(F)c(P3(=O)CCN(c4ncccn4)CC3)c2)C2CCCCC12. The molecule has 0 radical (unpaired) electrons. The number of benzene rings is 1. The van der Waals surface area contributed by atoms with E-state index in [2.05, 4.69) is 20.8 Å². The lowest BCUT2D eigenvalue weighted by Crippen LogP contribution is -2.60. The third kappa shape index (κ3) is 4.18. The summed E-state index contributed by atoms with van der Waals surface area (Å²) in [5.41, 5.74) is 6.98. The maximum Gasteiger partial charge on any atom is 0.237 e. The van der Waals surface area contributed by atoms with Crippen molar-refractivity contribution in [1.82, 2.24) is 20.8 Å². The van der Waals surface area contributed by atoms with E-state index in [0.29, 0.717) is 43.1 Å². The molecule has 3 aliphatic rings. The second-order valence-corrected chi connectivity index (χ2v) is 12.3. The average molecular weight is 457 g/mol. The van der Waals surface area contributed by atoms with Gasteiger partial charge in [-0.25, -0.2) is 19.8 Å². The number of nitrogens with zero attached hydrogens (tertiary/aromatic N) is 3. The summed E-state index contributed by atoms with van der Waals surface area (Å²) in [5, 5.41) is 0.365. The van der Waals surface area contributed by atoms with Crippen molar-refractivity contribution >= 4 is 24.3 Å². The maximum absolute atomic E-state index is 14.8. The Labute approximate surface area is 187 Å². The third-order valence-electron chi connectivity index (χ3n) is 7.26. The number of carbonyl (C=O) groups excluding carboxylic acids is 1. The Morgan fingerprint density at radius 3 is 2.66 bits per heavy atom. The minimum atomic E-state index is -2.84. The molecule has 3 unspecified atom stereocenters. The first-order valence-electron chi connectivity index (χ1n) is 11.5. The van der Waals surface area contributed by atoms with E-state index in [0.717, 1.165) is 31.2 Å². The molecule has 170 valence electrons. The van der Waals surface area contributed by atoms with Gasteiger partial charge in [0, 0.05) is 55.1 Å². The molecule has 1 saturated carbocycles. The second kappa shape index (κ2) is 8.91. The summed E-state index contributed by atoms with van der Waals surface area (Å²) < 4.78 is 28.6. The van der Waals surface area contributed by atoms with E-state index in [1.807, 2.05) is 4.90 Å². The van der Waals surface area contributed by atoms with Gasteiger partial charge >= 0.3 is 0 Å². The van der Waals surface area contributed by atoms with Crippen molar-refractivity contribution in [1.29, 1.82) is 0 Å². The quantitative estimate of drug-likeness (QED) is 0.686. The van der Waals surface area contributed by atoms with Crippen LogP contribution in [0.25, 0.3) is 0 Å². The van der Waals surface area contributed by atoms with E-state index in [9.17, 15) is 13.8 Å². The molecule has 2 N–H and O–H groups in total. The Bertz CT molecular complexity index is 1020. The van der Waals surface area contributed by atoms with Crippen molar-refractivity contribution in [2.24, 2.45) is 11.8 Å². The molecule has 9 heteroatoms. The summed E-state index contributed by atoms with van der Waals surface area (Å²) in [6.07, 6.45) is 9.07. The third-order valence-corrected chi connectivity index (χ3v) is 10.3. The van der Waals surface area contributed by atoms with Gasteiger partial charge < -0.3 is 9.46 Å². The highest BCUT2D eigenvalue weighted by molar-refractivity contribution is 7.71. The van der Waals surface area contributed by atoms with Gasteiger partial charge in [0.2, 0.25) is 11.9 Å². The number of nitrogens with one attached hydrogen (secondary N) is 2. The van der Waals surface area contributed by atoms with Crippen LogP contribution < -0.4 is 21.1 Å². The van der Waals surface area contributed by atoms with E-state index in [1.165, 1.54) is 6.07 Å². The van der Waals surface area contributed by atoms with Gasteiger partial charge in [-0.1, -0.05) is 18.9 Å². The fourth-order valence-corrected chi connectivity index (χ4v) is 8.17. The molecular weight excluding hydrogens is 428 g/mol. The zero-order valence-electron chi connectivity index (χ0n) is 18.0. The van der Waals surface area contributed by atoms with Crippen LogP contribution in [0.5, 0.6) is 0 Å². The monoisotopic (exact) mass is 457 g/mol. The normalized spacial score (nSPS) is 27.5. The van der Waals surface area contributed by atoms with Gasteiger partial charge in [0.1, 0.15) is 13.0 Å². The maximum atomic E-state index is 14.8. The largest absolute Gasteiger partial charge is 0.340 e. The Hall–Kier alpha value is -2.31. The van der Waals surface area contributed by atoms with Crippen LogP contribution in [0, 0.1) is 17.7 Å². The highest BCUT2D eigenvalue weighted by atomic mass is 31.2. The molecule has 1 amide bonds. The summed E-state index contributed by atoms with van der Waals surface area (Å²) >= 11 is 0. The molecular formula is C23H29FN5O2P. The smallest absolute Gasteiger partial charge is 0.237 e. The molecule has 1 aromatic carbocycles. The Morgan fingerprint density at radius 1 is 1.12 bits per heavy atom. The zero-order valence-corrected chi connectivity index (χ0v) is 18.9. The lowest BCUT2D eigenvalue weighted by Gasteiger charge is -2.41. The van der Waals surface area contributed by atoms with Gasteiger partial charge in [0.25, 0.3) is 0 Å². The number of hydrazine groups is 1. The van der Waals surface area contributed by atoms with Crippen molar-refractivity contribution in [2.75, 3.05) is 30.3 Å². The highest BCUT2D eigenvalue weighted by Gasteiger charge is 2.40. The lowest BCUT2D eigenvalue weighted by molar-refractivity contribution is -0.133. The summed E-state index contributed by atoms with van der Waals surface area (Å²) in [7, 11) is -2.84. The predicted molar refractivity (Wildman–Crippen MR) is 122 cm³/mol. The highest BCUT2D eigenvalue weighted by Crippen LogP contribution is 2.47. The van der Waals surface area contributed by atoms with Gasteiger partial charge in [-0.15, -0.1) is 0 Å². The summed E-state index contributed by atoms with van der Waals surface area (Å²) in [5.74, 6) is 0.667. The van der Waals surface area contributed by atoms with E-state index in [4.69, 9.17) is 0 Å². The van der Waals surface area contributed by atoms with Gasteiger partial charge in [-0.05, 0) is 48.9 Å². The zero-order chi connectivity index (χ0) is 22.1. The van der Waals surface area contributed by atoms with Crippen molar-refractivity contribution in [3.63, 3.8) is 0 Å². The number of anilines is 1. The van der Waals surface area contributed by atoms with Crippen molar-refractivity contribution in [2.45, 2.75) is 38.1 Å². The Morgan fingerprint density at radius 2 is 1.88 bits per heavy atom. The fraction of sp³-hybridized carbons (Fsp3) is 0.522. The van der Waals surface area contributed by atoms with E-state index < -0.39 is 7.14 Å². The predicted octanol–water partition coefficient (Wildman–Crippen LogP) is 2.48. The minimum absolute atomic E-state index is 0.0535. The number of carbonyl (C=O) groups is 1. The van der Waals surface area contributed by atoms with Crippen LogP contribution in [-0.2, 0) is 15.8 Å². The molecule has 1 aromatic heterocycles. The molecule has 1 aliphatic carbocycles. The molecule has 3 heterocycles. The molecule has 3 atom stereocenters. The minimum Gasteiger partial charge on any atom is -0.340 e. The summed E-state index contributed by atoms with van der Waals surface area (Å²) in [6.45, 7) is 1.09. The molecule has 0 spiro atoms. The molecule has 3 fully saturated rings. The molecule has 32 heavy (non-hydrogen) atoms. The van der Waals surface area contributed by atoms with Gasteiger partial charge in [0.05, 0.1) is 0 Å². The Balaban J connectivity index is 1.32. The van der Waals surface area contributed by atoms with Crippen LogP contribution in [0.3, 0.4) is 0 Å². The molecule has 2 aromatic rings. The molecule has 0 bridgehead atoms. The first-order valence-corrected chi connectivity index (χ1v) is 13.6. The van der Waals surface area contributed by atoms with Crippen LogP contribution in [-0.4, -0.2) is 47.3 Å². The van der Waals surface area contributed by atoms with E-state index >= 15 is 0 Å². The summed E-state index contributed by atoms with van der Waals surface area (Å²) in [6, 6.07) is 6.92. The topological polar surface area (TPSA) is 87.2 Å². The van der Waals surface area contributed by atoms with Gasteiger partial charge in [-0.2, -0.15) is 0 Å². The van der Waals surface area contributed by atoms with Crippen molar-refractivity contribution in [3.05, 3.63) is 48.0 Å². The number of fused-ring (bicyclic) bond motifs is 1. The Kier molecular flexibility index (Phi) is 5.99. The van der Waals surface area contributed by atoms with Crippen molar-refractivity contribution < 1.29 is 13.8 Å². The fourth-order valence-electron chi connectivity index (χ4n) is 5.47. The molecule has 2 saturated heterocycles. The number of halogens is 1. The lowest BCUT2D eigenvalue weighted by atomic mass is 9.72.